The second-order valence-electron chi connectivity index (χ2n) is 8.74. The van der Waals surface area contributed by atoms with Gasteiger partial charge in [-0.15, -0.1) is 0 Å². The second-order valence-corrected chi connectivity index (χ2v) is 10.6. The third-order valence-electron chi connectivity index (χ3n) is 6.45. The highest BCUT2D eigenvalue weighted by Crippen LogP contribution is 2.30. The van der Waals surface area contributed by atoms with Crippen LogP contribution in [0, 0.1) is 19.8 Å². The van der Waals surface area contributed by atoms with Crippen molar-refractivity contribution in [3.8, 4) is 0 Å². The van der Waals surface area contributed by atoms with E-state index < -0.39 is 22.0 Å². The van der Waals surface area contributed by atoms with Crippen molar-refractivity contribution in [2.75, 3.05) is 36.5 Å². The Morgan fingerprint density at radius 2 is 1.79 bits per heavy atom. The van der Waals surface area contributed by atoms with Gasteiger partial charge in [0.1, 0.15) is 6.61 Å². The standard InChI is InChI=1S/C24H29N3O5S/c1-16-8-10-26(11-9-16)33(30,31)22-15-19(14-17(2)18(22)3)23(28)25-20-6-4-5-7-21(20)27-12-13-32-24(27)29/h4-7,14-16H,8-13H2,1-3H3,(H,25,28). The Balaban J connectivity index is 1.64. The number of carbonyl (C=O) groups excluding carboxylic acids is 2. The summed E-state index contributed by atoms with van der Waals surface area (Å²) in [6, 6.07) is 10.1. The number of cyclic esters (lactones) is 1. The fourth-order valence-corrected chi connectivity index (χ4v) is 6.01. The van der Waals surface area contributed by atoms with Gasteiger partial charge in [-0.3, -0.25) is 9.69 Å². The van der Waals surface area contributed by atoms with E-state index in [9.17, 15) is 18.0 Å². The summed E-state index contributed by atoms with van der Waals surface area (Å²) in [4.78, 5) is 26.8. The molecule has 0 saturated carbocycles. The van der Waals surface area contributed by atoms with Gasteiger partial charge in [-0.1, -0.05) is 19.1 Å². The van der Waals surface area contributed by atoms with E-state index in [1.54, 1.807) is 44.2 Å². The van der Waals surface area contributed by atoms with Gasteiger partial charge in [-0.2, -0.15) is 4.31 Å². The number of aryl methyl sites for hydroxylation is 1. The molecule has 0 bridgehead atoms. The molecule has 2 aromatic carbocycles. The average molecular weight is 472 g/mol. The van der Waals surface area contributed by atoms with Crippen molar-refractivity contribution in [3.05, 3.63) is 53.1 Å². The normalized spacial score (nSPS) is 17.8. The van der Waals surface area contributed by atoms with E-state index in [4.69, 9.17) is 4.74 Å². The van der Waals surface area contributed by atoms with Gasteiger partial charge < -0.3 is 10.1 Å². The number of anilines is 2. The van der Waals surface area contributed by atoms with Gasteiger partial charge in [0.2, 0.25) is 10.0 Å². The van der Waals surface area contributed by atoms with E-state index in [0.717, 1.165) is 18.4 Å². The lowest BCUT2D eigenvalue weighted by molar-refractivity contribution is 0.102. The molecule has 0 radical (unpaired) electrons. The van der Waals surface area contributed by atoms with E-state index in [2.05, 4.69) is 12.2 Å². The molecule has 4 rings (SSSR count). The molecular weight excluding hydrogens is 442 g/mol. The summed E-state index contributed by atoms with van der Waals surface area (Å²) in [6.07, 6.45) is 1.19. The Morgan fingerprint density at radius 1 is 1.09 bits per heavy atom. The summed E-state index contributed by atoms with van der Waals surface area (Å²) in [5.74, 6) is 0.0613. The van der Waals surface area contributed by atoms with Gasteiger partial charge in [0, 0.05) is 18.7 Å². The third kappa shape index (κ3) is 4.60. The van der Waals surface area contributed by atoms with E-state index in [1.807, 2.05) is 0 Å². The second kappa shape index (κ2) is 9.15. The van der Waals surface area contributed by atoms with E-state index in [-0.39, 0.29) is 17.1 Å². The largest absolute Gasteiger partial charge is 0.447 e. The highest BCUT2D eigenvalue weighted by atomic mass is 32.2. The van der Waals surface area contributed by atoms with Crippen LogP contribution >= 0.6 is 0 Å². The molecule has 1 N–H and O–H groups in total. The number of carbonyl (C=O) groups is 2. The minimum atomic E-state index is -3.71. The van der Waals surface area contributed by atoms with Gasteiger partial charge in [0.15, 0.2) is 0 Å². The van der Waals surface area contributed by atoms with Crippen LogP contribution in [0.1, 0.15) is 41.3 Å². The number of piperidine rings is 1. The molecule has 33 heavy (non-hydrogen) atoms. The molecule has 2 aromatic rings. The fourth-order valence-electron chi connectivity index (χ4n) is 4.21. The molecule has 0 atom stereocenters. The van der Waals surface area contributed by atoms with E-state index in [0.29, 0.717) is 42.5 Å². The molecule has 0 aromatic heterocycles. The molecule has 2 fully saturated rings. The number of para-hydroxylation sites is 2. The number of nitrogens with one attached hydrogen (secondary N) is 1. The van der Waals surface area contributed by atoms with Gasteiger partial charge >= 0.3 is 6.09 Å². The molecule has 2 amide bonds. The zero-order valence-electron chi connectivity index (χ0n) is 19.1. The number of sulfonamides is 1. The lowest BCUT2D eigenvalue weighted by Gasteiger charge is -2.30. The number of ether oxygens (including phenoxy) is 1. The van der Waals surface area contributed by atoms with Crippen LogP contribution in [-0.2, 0) is 14.8 Å². The van der Waals surface area contributed by atoms with Crippen molar-refractivity contribution in [2.45, 2.75) is 38.5 Å². The number of hydrogen-bond donors (Lipinski definition) is 1. The first-order chi connectivity index (χ1) is 15.7. The van der Waals surface area contributed by atoms with Crippen LogP contribution < -0.4 is 10.2 Å². The SMILES string of the molecule is Cc1cc(C(=O)Nc2ccccc2N2CCOC2=O)cc(S(=O)(=O)N2CCC(C)CC2)c1C. The van der Waals surface area contributed by atoms with Crippen molar-refractivity contribution in [2.24, 2.45) is 5.92 Å². The summed E-state index contributed by atoms with van der Waals surface area (Å²) >= 11 is 0. The van der Waals surface area contributed by atoms with Crippen LogP contribution in [-0.4, -0.2) is 51.0 Å². The highest BCUT2D eigenvalue weighted by molar-refractivity contribution is 7.89. The van der Waals surface area contributed by atoms with Gasteiger partial charge in [-0.05, 0) is 68.0 Å². The summed E-state index contributed by atoms with van der Waals surface area (Å²) in [5, 5.41) is 2.84. The summed E-state index contributed by atoms with van der Waals surface area (Å²) in [7, 11) is -3.71. The molecule has 2 heterocycles. The Bertz CT molecular complexity index is 1190. The monoisotopic (exact) mass is 471 g/mol. The minimum Gasteiger partial charge on any atom is -0.447 e. The van der Waals surface area contributed by atoms with Crippen molar-refractivity contribution in [3.63, 3.8) is 0 Å². The smallest absolute Gasteiger partial charge is 0.414 e. The predicted octanol–water partition coefficient (Wildman–Crippen LogP) is 3.93. The van der Waals surface area contributed by atoms with E-state index in [1.165, 1.54) is 15.3 Å². The molecule has 2 saturated heterocycles. The Hall–Kier alpha value is -2.91. The number of amides is 2. The van der Waals surface area contributed by atoms with Crippen LogP contribution in [0.5, 0.6) is 0 Å². The first-order valence-corrected chi connectivity index (χ1v) is 12.6. The molecule has 2 aliphatic heterocycles. The van der Waals surface area contributed by atoms with Crippen LogP contribution in [0.3, 0.4) is 0 Å². The molecule has 9 heteroatoms. The Morgan fingerprint density at radius 3 is 2.45 bits per heavy atom. The average Bonchev–Trinajstić information content (AvgIpc) is 3.21. The molecule has 8 nitrogen and oxygen atoms in total. The summed E-state index contributed by atoms with van der Waals surface area (Å²) in [6.45, 7) is 7.35. The number of rotatable bonds is 5. The van der Waals surface area contributed by atoms with Crippen molar-refractivity contribution in [1.82, 2.24) is 4.31 Å². The zero-order chi connectivity index (χ0) is 23.8. The van der Waals surface area contributed by atoms with Gasteiger partial charge in [-0.25, -0.2) is 13.2 Å². The van der Waals surface area contributed by atoms with Crippen LogP contribution in [0.25, 0.3) is 0 Å². The lowest BCUT2D eigenvalue weighted by Crippen LogP contribution is -2.38. The summed E-state index contributed by atoms with van der Waals surface area (Å²) in [5.41, 5.74) is 2.61. The van der Waals surface area contributed by atoms with Crippen molar-refractivity contribution < 1.29 is 22.7 Å². The maximum atomic E-state index is 13.4. The summed E-state index contributed by atoms with van der Waals surface area (Å²) < 4.78 is 33.3. The number of hydrogen-bond acceptors (Lipinski definition) is 5. The fraction of sp³-hybridized carbons (Fsp3) is 0.417. The predicted molar refractivity (Wildman–Crippen MR) is 126 cm³/mol. The molecule has 2 aliphatic rings. The molecular formula is C24H29N3O5S. The lowest BCUT2D eigenvalue weighted by atomic mass is 10.0. The van der Waals surface area contributed by atoms with Crippen LogP contribution in [0.4, 0.5) is 16.2 Å². The minimum absolute atomic E-state index is 0.165. The van der Waals surface area contributed by atoms with Crippen molar-refractivity contribution in [1.29, 1.82) is 0 Å². The van der Waals surface area contributed by atoms with Crippen LogP contribution in [0.2, 0.25) is 0 Å². The number of benzene rings is 2. The first kappa shape index (κ1) is 23.3. The van der Waals surface area contributed by atoms with Gasteiger partial charge in [0.25, 0.3) is 5.91 Å². The molecule has 0 unspecified atom stereocenters. The molecule has 0 spiro atoms. The zero-order valence-corrected chi connectivity index (χ0v) is 19.9. The topological polar surface area (TPSA) is 96.0 Å². The molecule has 0 aliphatic carbocycles. The highest BCUT2D eigenvalue weighted by Gasteiger charge is 2.31. The quantitative estimate of drug-likeness (QED) is 0.713. The van der Waals surface area contributed by atoms with Crippen molar-refractivity contribution >= 4 is 33.4 Å². The molecule has 176 valence electrons. The third-order valence-corrected chi connectivity index (χ3v) is 8.47. The first-order valence-electron chi connectivity index (χ1n) is 11.1. The maximum absolute atomic E-state index is 13.4. The Kier molecular flexibility index (Phi) is 6.45. The maximum Gasteiger partial charge on any atom is 0.414 e. The van der Waals surface area contributed by atoms with E-state index >= 15 is 0 Å². The Labute approximate surface area is 194 Å². The number of nitrogens with zero attached hydrogens (tertiary/aromatic N) is 2. The van der Waals surface area contributed by atoms with Crippen LogP contribution in [0.15, 0.2) is 41.3 Å². The van der Waals surface area contributed by atoms with Gasteiger partial charge in [0.05, 0.1) is 22.8 Å².